The molecule has 1 saturated heterocycles. The van der Waals surface area contributed by atoms with E-state index in [1.165, 1.54) is 0 Å². The summed E-state index contributed by atoms with van der Waals surface area (Å²) >= 11 is 0. The SMILES string of the molecule is O=C1CC[C@H](C(=O)Nc2ccc([N+](=O)[O-])cc2C(=O)O)N1. The molecule has 1 aromatic rings. The lowest BCUT2D eigenvalue weighted by atomic mass is 10.1. The van der Waals surface area contributed by atoms with Crippen LogP contribution < -0.4 is 10.6 Å². The molecule has 0 unspecified atom stereocenters. The Labute approximate surface area is 118 Å². The first-order valence-corrected chi connectivity index (χ1v) is 6.00. The number of nitro benzene ring substituents is 1. The third-order valence-electron chi connectivity index (χ3n) is 3.01. The lowest BCUT2D eigenvalue weighted by molar-refractivity contribution is -0.384. The summed E-state index contributed by atoms with van der Waals surface area (Å²) in [4.78, 5) is 44.0. The van der Waals surface area contributed by atoms with Crippen LogP contribution >= 0.6 is 0 Å². The van der Waals surface area contributed by atoms with Crippen LogP contribution in [0, 0.1) is 10.1 Å². The second-order valence-corrected chi connectivity index (χ2v) is 4.44. The molecule has 1 aliphatic heterocycles. The number of nitro groups is 1. The van der Waals surface area contributed by atoms with Gasteiger partial charge in [-0.25, -0.2) is 4.79 Å². The van der Waals surface area contributed by atoms with Crippen LogP contribution in [-0.4, -0.2) is 33.9 Å². The number of aromatic carboxylic acids is 1. The van der Waals surface area contributed by atoms with Crippen LogP contribution in [0.2, 0.25) is 0 Å². The molecule has 2 rings (SSSR count). The molecule has 3 N–H and O–H groups in total. The van der Waals surface area contributed by atoms with Gasteiger partial charge in [-0.2, -0.15) is 0 Å². The molecule has 1 aromatic carbocycles. The molecule has 9 nitrogen and oxygen atoms in total. The van der Waals surface area contributed by atoms with Crippen LogP contribution in [0.15, 0.2) is 18.2 Å². The molecule has 0 saturated carbocycles. The fraction of sp³-hybridized carbons (Fsp3) is 0.250. The van der Waals surface area contributed by atoms with Crippen LogP contribution in [0.25, 0.3) is 0 Å². The Bertz CT molecular complexity index is 642. The fourth-order valence-electron chi connectivity index (χ4n) is 1.96. The Balaban J connectivity index is 2.23. The van der Waals surface area contributed by atoms with Crippen molar-refractivity contribution in [3.8, 4) is 0 Å². The predicted molar refractivity (Wildman–Crippen MR) is 69.9 cm³/mol. The van der Waals surface area contributed by atoms with E-state index in [1.54, 1.807) is 0 Å². The zero-order valence-corrected chi connectivity index (χ0v) is 10.7. The zero-order chi connectivity index (χ0) is 15.6. The number of carboxylic acids is 1. The molecule has 21 heavy (non-hydrogen) atoms. The van der Waals surface area contributed by atoms with E-state index in [1.807, 2.05) is 0 Å². The Hall–Kier alpha value is -2.97. The summed E-state index contributed by atoms with van der Waals surface area (Å²) in [5.74, 6) is -2.21. The number of carboxylic acid groups (broad SMARTS) is 1. The molecule has 0 spiro atoms. The summed E-state index contributed by atoms with van der Waals surface area (Å²) < 4.78 is 0. The van der Waals surface area contributed by atoms with E-state index in [2.05, 4.69) is 10.6 Å². The van der Waals surface area contributed by atoms with Crippen LogP contribution in [0.5, 0.6) is 0 Å². The molecule has 1 atom stereocenters. The summed E-state index contributed by atoms with van der Waals surface area (Å²) in [5, 5.41) is 24.5. The van der Waals surface area contributed by atoms with Gasteiger partial charge in [0.25, 0.3) is 5.69 Å². The first kappa shape index (κ1) is 14.4. The van der Waals surface area contributed by atoms with E-state index >= 15 is 0 Å². The normalized spacial score (nSPS) is 17.1. The van der Waals surface area contributed by atoms with Crippen molar-refractivity contribution in [3.05, 3.63) is 33.9 Å². The molecule has 1 fully saturated rings. The quantitative estimate of drug-likeness (QED) is 0.546. The monoisotopic (exact) mass is 293 g/mol. The number of carbonyl (C=O) groups is 3. The van der Waals surface area contributed by atoms with Crippen LogP contribution in [0.1, 0.15) is 23.2 Å². The second kappa shape index (κ2) is 5.57. The Morgan fingerprint density at radius 2 is 2.14 bits per heavy atom. The maximum Gasteiger partial charge on any atom is 0.338 e. The summed E-state index contributed by atoms with van der Waals surface area (Å²) in [6.07, 6.45) is 0.546. The largest absolute Gasteiger partial charge is 0.478 e. The van der Waals surface area contributed by atoms with Gasteiger partial charge in [-0.15, -0.1) is 0 Å². The number of carbonyl (C=O) groups excluding carboxylic acids is 2. The lowest BCUT2D eigenvalue weighted by Gasteiger charge is -2.12. The third-order valence-corrected chi connectivity index (χ3v) is 3.01. The van der Waals surface area contributed by atoms with Crippen molar-refractivity contribution in [2.45, 2.75) is 18.9 Å². The lowest BCUT2D eigenvalue weighted by Crippen LogP contribution is -2.37. The number of non-ortho nitro benzene ring substituents is 1. The molecule has 0 aliphatic carbocycles. The highest BCUT2D eigenvalue weighted by molar-refractivity contribution is 6.04. The number of nitrogens with one attached hydrogen (secondary N) is 2. The second-order valence-electron chi connectivity index (χ2n) is 4.44. The van der Waals surface area contributed by atoms with Gasteiger partial charge in [0, 0.05) is 18.6 Å². The molecule has 0 bridgehead atoms. The van der Waals surface area contributed by atoms with Gasteiger partial charge >= 0.3 is 5.97 Å². The minimum absolute atomic E-state index is 0.0563. The average Bonchev–Trinajstić information content (AvgIpc) is 2.85. The summed E-state index contributed by atoms with van der Waals surface area (Å²) in [6, 6.07) is 2.38. The maximum absolute atomic E-state index is 11.9. The highest BCUT2D eigenvalue weighted by Gasteiger charge is 2.28. The number of hydrogen-bond donors (Lipinski definition) is 3. The molecule has 1 aliphatic rings. The summed E-state index contributed by atoms with van der Waals surface area (Å²) in [7, 11) is 0. The van der Waals surface area contributed by atoms with Gasteiger partial charge < -0.3 is 15.7 Å². The topological polar surface area (TPSA) is 139 Å². The zero-order valence-electron chi connectivity index (χ0n) is 10.7. The standard InChI is InChI=1S/C12H11N3O6/c16-10-4-3-9(13-10)11(17)14-8-2-1-6(15(20)21)5-7(8)12(18)19/h1-2,5,9H,3-4H2,(H,13,16)(H,14,17)(H,18,19)/t9-/m1/s1. The highest BCUT2D eigenvalue weighted by atomic mass is 16.6. The van der Waals surface area contributed by atoms with Gasteiger partial charge in [-0.3, -0.25) is 19.7 Å². The smallest absolute Gasteiger partial charge is 0.338 e. The van der Waals surface area contributed by atoms with Crippen LogP contribution in [0.4, 0.5) is 11.4 Å². The third kappa shape index (κ3) is 3.14. The Morgan fingerprint density at radius 3 is 2.67 bits per heavy atom. The van der Waals surface area contributed by atoms with E-state index < -0.39 is 22.8 Å². The van der Waals surface area contributed by atoms with Crippen molar-refractivity contribution in [1.82, 2.24) is 5.32 Å². The average molecular weight is 293 g/mol. The number of amides is 2. The summed E-state index contributed by atoms with van der Waals surface area (Å²) in [5.41, 5.74) is -0.833. The molecule has 9 heteroatoms. The van der Waals surface area contributed by atoms with Crippen LogP contribution in [0.3, 0.4) is 0 Å². The van der Waals surface area contributed by atoms with E-state index in [0.717, 1.165) is 18.2 Å². The number of nitrogens with zero attached hydrogens (tertiary/aromatic N) is 1. The van der Waals surface area contributed by atoms with E-state index in [4.69, 9.17) is 5.11 Å². The maximum atomic E-state index is 11.9. The van der Waals surface area contributed by atoms with E-state index in [0.29, 0.717) is 6.42 Å². The van der Waals surface area contributed by atoms with Crippen LogP contribution in [-0.2, 0) is 9.59 Å². The predicted octanol–water partition coefficient (Wildman–Crippen LogP) is 0.510. The van der Waals surface area contributed by atoms with Gasteiger partial charge in [0.1, 0.15) is 6.04 Å². The Kier molecular flexibility index (Phi) is 3.83. The number of hydrogen-bond acceptors (Lipinski definition) is 5. The van der Waals surface area contributed by atoms with Gasteiger partial charge in [-0.05, 0) is 12.5 Å². The number of anilines is 1. The van der Waals surface area contributed by atoms with Crippen molar-refractivity contribution in [3.63, 3.8) is 0 Å². The molecular weight excluding hydrogens is 282 g/mol. The Morgan fingerprint density at radius 1 is 1.43 bits per heavy atom. The van der Waals surface area contributed by atoms with E-state index in [9.17, 15) is 24.5 Å². The number of benzene rings is 1. The fourth-order valence-corrected chi connectivity index (χ4v) is 1.96. The first-order valence-electron chi connectivity index (χ1n) is 6.00. The van der Waals surface area contributed by atoms with Crippen molar-refractivity contribution in [2.24, 2.45) is 0 Å². The molecule has 2 amide bonds. The molecule has 0 aromatic heterocycles. The van der Waals surface area contributed by atoms with Crippen molar-refractivity contribution >= 4 is 29.2 Å². The van der Waals surface area contributed by atoms with Crippen molar-refractivity contribution in [1.29, 1.82) is 0 Å². The van der Waals surface area contributed by atoms with Gasteiger partial charge in [0.15, 0.2) is 0 Å². The van der Waals surface area contributed by atoms with Gasteiger partial charge in [0.05, 0.1) is 16.2 Å². The molecular formula is C12H11N3O6. The minimum Gasteiger partial charge on any atom is -0.478 e. The van der Waals surface area contributed by atoms with Gasteiger partial charge in [-0.1, -0.05) is 0 Å². The molecule has 110 valence electrons. The van der Waals surface area contributed by atoms with Crippen molar-refractivity contribution in [2.75, 3.05) is 5.32 Å². The first-order chi connectivity index (χ1) is 9.88. The minimum atomic E-state index is -1.40. The van der Waals surface area contributed by atoms with Gasteiger partial charge in [0.2, 0.25) is 11.8 Å². The number of rotatable bonds is 4. The molecule has 0 radical (unpaired) electrons. The highest BCUT2D eigenvalue weighted by Crippen LogP contribution is 2.23. The summed E-state index contributed by atoms with van der Waals surface area (Å²) in [6.45, 7) is 0. The van der Waals surface area contributed by atoms with E-state index in [-0.39, 0.29) is 29.3 Å². The molecule has 1 heterocycles. The van der Waals surface area contributed by atoms with Crippen molar-refractivity contribution < 1.29 is 24.4 Å².